The van der Waals surface area contributed by atoms with Crippen molar-refractivity contribution < 1.29 is 26.7 Å². The Bertz CT molecular complexity index is 1170. The van der Waals surface area contributed by atoms with Crippen LogP contribution in [-0.2, 0) is 0 Å². The molecule has 3 aromatic carbocycles. The first-order valence-corrected chi connectivity index (χ1v) is 12.2. The highest BCUT2D eigenvalue weighted by Crippen LogP contribution is 2.44. The molecule has 6 heteroatoms. The minimum atomic E-state index is -1.57. The van der Waals surface area contributed by atoms with E-state index in [9.17, 15) is 17.6 Å². The predicted octanol–water partition coefficient (Wildman–Crippen LogP) is 9.61. The maximum atomic E-state index is 15.7. The molecule has 0 saturated heterocycles. The van der Waals surface area contributed by atoms with Gasteiger partial charge in [0.25, 0.3) is 0 Å². The highest BCUT2D eigenvalue weighted by Gasteiger charge is 2.29. The second kappa shape index (κ2) is 10.8. The van der Waals surface area contributed by atoms with E-state index in [2.05, 4.69) is 6.92 Å². The molecule has 0 aromatic heterocycles. The van der Waals surface area contributed by atoms with Crippen molar-refractivity contribution in [3.63, 3.8) is 0 Å². The van der Waals surface area contributed by atoms with E-state index in [-0.39, 0.29) is 39.7 Å². The first kappa shape index (κ1) is 25.2. The van der Waals surface area contributed by atoms with E-state index in [1.54, 1.807) is 19.1 Å². The summed E-state index contributed by atoms with van der Waals surface area (Å²) in [5.41, 5.74) is 0.608. The van der Waals surface area contributed by atoms with Crippen molar-refractivity contribution in [3.05, 3.63) is 82.7 Å². The zero-order valence-electron chi connectivity index (χ0n) is 19.9. The third kappa shape index (κ3) is 5.36. The third-order valence-electron chi connectivity index (χ3n) is 7.01. The van der Waals surface area contributed by atoms with Crippen LogP contribution in [0.5, 0.6) is 11.5 Å². The fourth-order valence-corrected chi connectivity index (χ4v) is 5.08. The first-order valence-electron chi connectivity index (χ1n) is 12.2. The van der Waals surface area contributed by atoms with Gasteiger partial charge >= 0.3 is 0 Å². The van der Waals surface area contributed by atoms with Gasteiger partial charge in [-0.25, -0.2) is 22.0 Å². The van der Waals surface area contributed by atoms with Gasteiger partial charge in [0.2, 0.25) is 0 Å². The third-order valence-corrected chi connectivity index (χ3v) is 7.01. The van der Waals surface area contributed by atoms with E-state index in [1.165, 1.54) is 24.6 Å². The number of benzene rings is 3. The lowest BCUT2D eigenvalue weighted by molar-refractivity contribution is 0.294. The second-order valence-electron chi connectivity index (χ2n) is 9.44. The molecule has 0 spiro atoms. The summed E-state index contributed by atoms with van der Waals surface area (Å²) in [5.74, 6) is -5.20. The minimum absolute atomic E-state index is 0.0379. The smallest absolute Gasteiger partial charge is 0.194 e. The Morgan fingerprint density at radius 1 is 0.829 bits per heavy atom. The molecule has 0 radical (unpaired) electrons. The summed E-state index contributed by atoms with van der Waals surface area (Å²) in [5, 5.41) is 0. The minimum Gasteiger partial charge on any atom is -0.453 e. The predicted molar refractivity (Wildman–Crippen MR) is 127 cm³/mol. The summed E-state index contributed by atoms with van der Waals surface area (Å²) in [7, 11) is 0. The standard InChI is InChI=1S/C29H29F5O/c1-3-4-7-18-10-12-19(13-11-18)26-22(30)14-17(2)29(28(26)34)35-25-9-6-5-8-21(25)20-15-23(31)27(33)24(32)16-20/h5-6,8-9,14-16,18-19H,3-4,7,10-13H2,1-2H3/t18-,19-. The molecule has 0 amide bonds. The Kier molecular flexibility index (Phi) is 7.78. The molecule has 0 bridgehead atoms. The molecule has 1 fully saturated rings. The summed E-state index contributed by atoms with van der Waals surface area (Å²) >= 11 is 0. The van der Waals surface area contributed by atoms with Gasteiger partial charge in [0.05, 0.1) is 0 Å². The Morgan fingerprint density at radius 2 is 1.49 bits per heavy atom. The van der Waals surface area contributed by atoms with Crippen LogP contribution in [0.15, 0.2) is 42.5 Å². The van der Waals surface area contributed by atoms with Crippen LogP contribution in [0, 0.1) is 41.9 Å². The van der Waals surface area contributed by atoms with Crippen LogP contribution in [0.1, 0.15) is 68.9 Å². The van der Waals surface area contributed by atoms with Crippen molar-refractivity contribution in [2.75, 3.05) is 0 Å². The summed E-state index contributed by atoms with van der Waals surface area (Å²) in [6.07, 6.45) is 6.78. The molecule has 1 nitrogen and oxygen atoms in total. The van der Waals surface area contributed by atoms with Crippen molar-refractivity contribution in [1.29, 1.82) is 0 Å². The number of rotatable bonds is 7. The Morgan fingerprint density at radius 3 is 2.14 bits per heavy atom. The monoisotopic (exact) mass is 488 g/mol. The van der Waals surface area contributed by atoms with Gasteiger partial charge in [-0.2, -0.15) is 0 Å². The zero-order valence-corrected chi connectivity index (χ0v) is 19.9. The normalized spacial score (nSPS) is 18.0. The van der Waals surface area contributed by atoms with Gasteiger partial charge < -0.3 is 4.74 Å². The molecular weight excluding hydrogens is 459 g/mol. The topological polar surface area (TPSA) is 9.23 Å². The molecule has 3 aromatic rings. The second-order valence-corrected chi connectivity index (χ2v) is 9.44. The summed E-state index contributed by atoms with van der Waals surface area (Å²) < 4.78 is 77.8. The molecule has 0 unspecified atom stereocenters. The SMILES string of the molecule is CCCC[C@H]1CC[C@H](c2c(F)cc(C)c(Oc3ccccc3-c3cc(F)c(F)c(F)c3)c2F)CC1. The van der Waals surface area contributed by atoms with Crippen LogP contribution in [-0.4, -0.2) is 0 Å². The van der Waals surface area contributed by atoms with Crippen molar-refractivity contribution in [1.82, 2.24) is 0 Å². The fraction of sp³-hybridized carbons (Fsp3) is 0.379. The van der Waals surface area contributed by atoms with Crippen molar-refractivity contribution in [2.45, 2.75) is 64.7 Å². The van der Waals surface area contributed by atoms with Crippen LogP contribution in [0.3, 0.4) is 0 Å². The van der Waals surface area contributed by atoms with E-state index >= 15 is 4.39 Å². The molecule has 0 aliphatic heterocycles. The lowest BCUT2D eigenvalue weighted by Crippen LogP contribution is -2.16. The van der Waals surface area contributed by atoms with Crippen molar-refractivity contribution >= 4 is 0 Å². The van der Waals surface area contributed by atoms with Crippen LogP contribution in [0.25, 0.3) is 11.1 Å². The largest absolute Gasteiger partial charge is 0.453 e. The molecule has 0 atom stereocenters. The van der Waals surface area contributed by atoms with E-state index in [0.29, 0.717) is 5.92 Å². The summed E-state index contributed by atoms with van der Waals surface area (Å²) in [6.45, 7) is 3.71. The van der Waals surface area contributed by atoms with E-state index in [0.717, 1.165) is 50.7 Å². The van der Waals surface area contributed by atoms with Crippen LogP contribution < -0.4 is 4.74 Å². The lowest BCUT2D eigenvalue weighted by atomic mass is 9.76. The van der Waals surface area contributed by atoms with Crippen molar-refractivity contribution in [3.8, 4) is 22.6 Å². The molecule has 1 aliphatic rings. The van der Waals surface area contributed by atoms with Gasteiger partial charge in [-0.1, -0.05) is 44.4 Å². The number of ether oxygens (including phenoxy) is 1. The van der Waals surface area contributed by atoms with Gasteiger partial charge in [-0.3, -0.25) is 0 Å². The number of para-hydroxylation sites is 1. The first-order chi connectivity index (χ1) is 16.8. The molecule has 35 heavy (non-hydrogen) atoms. The van der Waals surface area contributed by atoms with E-state index < -0.39 is 29.1 Å². The maximum absolute atomic E-state index is 15.7. The van der Waals surface area contributed by atoms with Gasteiger partial charge in [0.1, 0.15) is 11.6 Å². The fourth-order valence-electron chi connectivity index (χ4n) is 5.08. The molecule has 1 saturated carbocycles. The molecule has 0 heterocycles. The average molecular weight is 489 g/mol. The molecule has 0 N–H and O–H groups in total. The Balaban J connectivity index is 1.66. The van der Waals surface area contributed by atoms with Crippen LogP contribution in [0.2, 0.25) is 0 Å². The van der Waals surface area contributed by atoms with Crippen LogP contribution in [0.4, 0.5) is 22.0 Å². The number of hydrogen-bond donors (Lipinski definition) is 0. The Hall–Kier alpha value is -2.89. The molecule has 186 valence electrons. The highest BCUT2D eigenvalue weighted by molar-refractivity contribution is 5.71. The highest BCUT2D eigenvalue weighted by atomic mass is 19.2. The summed E-state index contributed by atoms with van der Waals surface area (Å²) in [6, 6.07) is 9.30. The number of aryl methyl sites for hydroxylation is 1. The van der Waals surface area contributed by atoms with E-state index in [4.69, 9.17) is 4.74 Å². The lowest BCUT2D eigenvalue weighted by Gasteiger charge is -2.29. The summed E-state index contributed by atoms with van der Waals surface area (Å²) in [4.78, 5) is 0. The van der Waals surface area contributed by atoms with Crippen LogP contribution >= 0.6 is 0 Å². The molecule has 1 aliphatic carbocycles. The van der Waals surface area contributed by atoms with Gasteiger partial charge in [-0.15, -0.1) is 0 Å². The van der Waals surface area contributed by atoms with Gasteiger partial charge in [-0.05, 0) is 79.8 Å². The average Bonchev–Trinajstić information content (AvgIpc) is 2.84. The zero-order chi connectivity index (χ0) is 25.1. The number of hydrogen-bond acceptors (Lipinski definition) is 1. The number of halogens is 5. The number of unbranched alkanes of at least 4 members (excludes halogenated alkanes) is 1. The Labute approximate surface area is 202 Å². The molecular formula is C29H29F5O. The maximum Gasteiger partial charge on any atom is 0.194 e. The van der Waals surface area contributed by atoms with Gasteiger partial charge in [0, 0.05) is 11.1 Å². The van der Waals surface area contributed by atoms with Gasteiger partial charge in [0.15, 0.2) is 29.0 Å². The van der Waals surface area contributed by atoms with E-state index in [1.807, 2.05) is 0 Å². The quantitative estimate of drug-likeness (QED) is 0.238. The van der Waals surface area contributed by atoms with Crippen molar-refractivity contribution in [2.24, 2.45) is 5.92 Å². The molecule has 4 rings (SSSR count).